The fourth-order valence-corrected chi connectivity index (χ4v) is 5.47. The van der Waals surface area contributed by atoms with Gasteiger partial charge in [-0.15, -0.1) is 11.3 Å². The molecule has 2 aliphatic rings. The van der Waals surface area contributed by atoms with Crippen LogP contribution in [-0.2, 0) is 6.42 Å². The Hall–Kier alpha value is -2.27. The molecule has 2 saturated heterocycles. The monoisotopic (exact) mass is 363 g/mol. The highest BCUT2D eigenvalue weighted by Gasteiger charge is 2.43. The molecule has 5 heteroatoms. The molecule has 2 aromatic heterocycles. The van der Waals surface area contributed by atoms with Gasteiger partial charge >= 0.3 is 0 Å². The number of carbonyl (C=O) groups excluding carboxylic acids is 1. The lowest BCUT2D eigenvalue weighted by Gasteiger charge is -2.39. The van der Waals surface area contributed by atoms with Gasteiger partial charge in [-0.05, 0) is 55.0 Å². The maximum atomic E-state index is 12.8. The zero-order valence-corrected chi connectivity index (χ0v) is 15.4. The van der Waals surface area contributed by atoms with Gasteiger partial charge in [0, 0.05) is 29.9 Å². The van der Waals surface area contributed by atoms with Crippen LogP contribution in [0.25, 0.3) is 10.8 Å². The van der Waals surface area contributed by atoms with Crippen LogP contribution in [-0.4, -0.2) is 32.9 Å². The van der Waals surface area contributed by atoms with Crippen molar-refractivity contribution in [2.24, 2.45) is 5.92 Å². The van der Waals surface area contributed by atoms with Gasteiger partial charge in [0.05, 0.1) is 11.7 Å². The second-order valence-electron chi connectivity index (χ2n) is 7.52. The van der Waals surface area contributed by atoms with Crippen molar-refractivity contribution in [2.45, 2.75) is 44.2 Å². The van der Waals surface area contributed by atoms with E-state index in [2.05, 4.69) is 39.1 Å². The molecule has 0 radical (unpaired) electrons. The minimum Gasteiger partial charge on any atom is -0.332 e. The lowest BCUT2D eigenvalue weighted by Crippen LogP contribution is -2.46. The molecule has 0 spiro atoms. The van der Waals surface area contributed by atoms with E-state index in [4.69, 9.17) is 0 Å². The lowest BCUT2D eigenvalue weighted by molar-refractivity contribution is 0.0529. The minimum atomic E-state index is 0.188. The molecule has 2 fully saturated rings. The summed E-state index contributed by atoms with van der Waals surface area (Å²) in [6.45, 7) is 0. The average molecular weight is 363 g/mol. The minimum absolute atomic E-state index is 0.188. The van der Waals surface area contributed by atoms with Crippen LogP contribution in [0.5, 0.6) is 0 Å². The molecule has 0 saturated carbocycles. The Balaban J connectivity index is 1.35. The number of amides is 1. The highest BCUT2D eigenvalue weighted by atomic mass is 32.1. The summed E-state index contributed by atoms with van der Waals surface area (Å²) in [5.41, 5.74) is 3.14. The first-order valence-electron chi connectivity index (χ1n) is 9.32. The van der Waals surface area contributed by atoms with Crippen LogP contribution in [0.4, 0.5) is 0 Å². The van der Waals surface area contributed by atoms with Crippen molar-refractivity contribution in [3.63, 3.8) is 0 Å². The molecule has 4 nitrogen and oxygen atoms in total. The van der Waals surface area contributed by atoms with E-state index < -0.39 is 0 Å². The fourth-order valence-electron chi connectivity index (χ4n) is 4.90. The van der Waals surface area contributed by atoms with Crippen LogP contribution >= 0.6 is 11.3 Å². The Morgan fingerprint density at radius 1 is 1.12 bits per heavy atom. The molecule has 0 N–H and O–H groups in total. The van der Waals surface area contributed by atoms with Gasteiger partial charge in [-0.25, -0.2) is 0 Å². The van der Waals surface area contributed by atoms with Crippen LogP contribution in [0.15, 0.2) is 48.4 Å². The Morgan fingerprint density at radius 3 is 2.73 bits per heavy atom. The summed E-state index contributed by atoms with van der Waals surface area (Å²) in [7, 11) is 0. The third-order valence-electron chi connectivity index (χ3n) is 5.99. The summed E-state index contributed by atoms with van der Waals surface area (Å²) in [6, 6.07) is 9.40. The first kappa shape index (κ1) is 15.9. The maximum absolute atomic E-state index is 12.8. The van der Waals surface area contributed by atoms with E-state index in [1.165, 1.54) is 27.7 Å². The first-order valence-corrected chi connectivity index (χ1v) is 10.2. The van der Waals surface area contributed by atoms with Crippen molar-refractivity contribution < 1.29 is 4.79 Å². The molecular weight excluding hydrogens is 342 g/mol. The van der Waals surface area contributed by atoms with E-state index in [-0.39, 0.29) is 5.91 Å². The molecular formula is C21H21N3OS. The summed E-state index contributed by atoms with van der Waals surface area (Å²) in [4.78, 5) is 24.2. The Bertz CT molecular complexity index is 920. The van der Waals surface area contributed by atoms with Gasteiger partial charge in [0.15, 0.2) is 0 Å². The number of hydrogen-bond donors (Lipinski definition) is 0. The quantitative estimate of drug-likeness (QED) is 0.696. The molecule has 3 aromatic rings. The van der Waals surface area contributed by atoms with Crippen LogP contribution < -0.4 is 0 Å². The second kappa shape index (κ2) is 6.47. The van der Waals surface area contributed by atoms with E-state index in [1.807, 2.05) is 12.4 Å². The van der Waals surface area contributed by atoms with Gasteiger partial charge in [0.2, 0.25) is 0 Å². The van der Waals surface area contributed by atoms with E-state index in [0.29, 0.717) is 18.0 Å². The number of nitrogens with zero attached hydrogens (tertiary/aromatic N) is 3. The summed E-state index contributed by atoms with van der Waals surface area (Å²) in [5, 5.41) is 2.53. The highest BCUT2D eigenvalue weighted by molar-refractivity contribution is 7.11. The van der Waals surface area contributed by atoms with Crippen molar-refractivity contribution in [1.82, 2.24) is 14.9 Å². The molecule has 2 bridgehead atoms. The normalized spacial score (nSPS) is 24.9. The van der Waals surface area contributed by atoms with Gasteiger partial charge in [-0.1, -0.05) is 18.2 Å². The largest absolute Gasteiger partial charge is 0.332 e. The molecule has 1 aromatic carbocycles. The van der Waals surface area contributed by atoms with Crippen molar-refractivity contribution in [3.8, 4) is 0 Å². The standard InChI is InChI=1S/C21H21N3OS/c25-21(20-12-23-13-26-20)24-17-4-5-18(24)10-14(9-17)8-16-3-1-2-15-6-7-22-11-19(15)16/h1-3,6-7,11-14,17-18H,4-5,8-10H2. The topological polar surface area (TPSA) is 46.1 Å². The zero-order valence-electron chi connectivity index (χ0n) is 14.5. The number of hydrogen-bond acceptors (Lipinski definition) is 4. The molecule has 2 aliphatic heterocycles. The zero-order chi connectivity index (χ0) is 17.5. The van der Waals surface area contributed by atoms with Crippen molar-refractivity contribution in [2.75, 3.05) is 0 Å². The van der Waals surface area contributed by atoms with Gasteiger partial charge in [0.25, 0.3) is 5.91 Å². The summed E-state index contributed by atoms with van der Waals surface area (Å²) in [6.07, 6.45) is 11.1. The number of fused-ring (bicyclic) bond motifs is 3. The Kier molecular flexibility index (Phi) is 3.97. The number of rotatable bonds is 3. The van der Waals surface area contributed by atoms with Gasteiger partial charge in [-0.2, -0.15) is 0 Å². The predicted octanol–water partition coefficient (Wildman–Crippen LogP) is 4.32. The third kappa shape index (κ3) is 2.71. The van der Waals surface area contributed by atoms with Crippen LogP contribution in [0.3, 0.4) is 0 Å². The number of carbonyl (C=O) groups is 1. The Morgan fingerprint density at radius 2 is 1.96 bits per heavy atom. The van der Waals surface area contributed by atoms with Gasteiger partial charge in [-0.3, -0.25) is 14.8 Å². The average Bonchev–Trinajstić information content (AvgIpc) is 3.29. The number of benzene rings is 1. The van der Waals surface area contributed by atoms with Crippen LogP contribution in [0.1, 0.15) is 40.9 Å². The lowest BCUT2D eigenvalue weighted by atomic mass is 9.84. The van der Waals surface area contributed by atoms with E-state index in [9.17, 15) is 4.79 Å². The van der Waals surface area contributed by atoms with Crippen molar-refractivity contribution in [3.05, 3.63) is 58.8 Å². The molecule has 26 heavy (non-hydrogen) atoms. The number of aromatic nitrogens is 2. The SMILES string of the molecule is O=C(c1cncs1)N1C2CCC1CC(Cc1cccc3ccncc13)C2. The molecule has 2 unspecified atom stereocenters. The van der Waals surface area contributed by atoms with Gasteiger partial charge < -0.3 is 4.90 Å². The number of thiazole rings is 1. The van der Waals surface area contributed by atoms with Gasteiger partial charge in [0.1, 0.15) is 4.88 Å². The predicted molar refractivity (Wildman–Crippen MR) is 103 cm³/mol. The fraction of sp³-hybridized carbons (Fsp3) is 0.381. The number of pyridine rings is 1. The molecule has 132 valence electrons. The molecule has 5 rings (SSSR count). The summed E-state index contributed by atoms with van der Waals surface area (Å²) in [5.74, 6) is 0.830. The molecule has 1 amide bonds. The highest BCUT2D eigenvalue weighted by Crippen LogP contribution is 2.41. The maximum Gasteiger partial charge on any atom is 0.266 e. The second-order valence-corrected chi connectivity index (χ2v) is 8.40. The smallest absolute Gasteiger partial charge is 0.266 e. The van der Waals surface area contributed by atoms with Crippen LogP contribution in [0.2, 0.25) is 0 Å². The summed E-state index contributed by atoms with van der Waals surface area (Å²) < 4.78 is 0. The van der Waals surface area contributed by atoms with E-state index in [0.717, 1.165) is 37.0 Å². The first-order chi connectivity index (χ1) is 12.8. The van der Waals surface area contributed by atoms with Crippen molar-refractivity contribution in [1.29, 1.82) is 0 Å². The van der Waals surface area contributed by atoms with E-state index in [1.54, 1.807) is 11.7 Å². The number of piperidine rings is 1. The molecule has 2 atom stereocenters. The van der Waals surface area contributed by atoms with E-state index >= 15 is 0 Å². The van der Waals surface area contributed by atoms with Crippen LogP contribution in [0, 0.1) is 5.92 Å². The molecule has 0 aliphatic carbocycles. The Labute approximate surface area is 156 Å². The third-order valence-corrected chi connectivity index (χ3v) is 6.75. The summed E-state index contributed by atoms with van der Waals surface area (Å²) >= 11 is 1.45. The van der Waals surface area contributed by atoms with Crippen molar-refractivity contribution >= 4 is 28.0 Å². The molecule has 4 heterocycles.